The van der Waals surface area contributed by atoms with Crippen LogP contribution in [0.5, 0.6) is 0 Å². The normalized spacial score (nSPS) is 26.1. The van der Waals surface area contributed by atoms with Gasteiger partial charge in [-0.3, -0.25) is 4.79 Å². The summed E-state index contributed by atoms with van der Waals surface area (Å²) in [6.45, 7) is 5.17. The molecule has 0 aromatic carbocycles. The highest BCUT2D eigenvalue weighted by Crippen LogP contribution is 2.19. The number of hydrogen-bond acceptors (Lipinski definition) is 2. The first-order valence-corrected chi connectivity index (χ1v) is 5.62. The number of amides is 1. The van der Waals surface area contributed by atoms with Crippen LogP contribution in [0, 0.1) is 0 Å². The van der Waals surface area contributed by atoms with Gasteiger partial charge in [-0.25, -0.2) is 0 Å². The lowest BCUT2D eigenvalue weighted by atomic mass is 10.1. The lowest BCUT2D eigenvalue weighted by molar-refractivity contribution is -0.134. The van der Waals surface area contributed by atoms with Crippen LogP contribution in [0.25, 0.3) is 0 Å². The van der Waals surface area contributed by atoms with Crippen molar-refractivity contribution in [1.29, 1.82) is 0 Å². The summed E-state index contributed by atoms with van der Waals surface area (Å²) in [6, 6.07) is 0.731. The second-order valence-corrected chi connectivity index (χ2v) is 4.30. The molecular formula is C11H22N2O. The Morgan fingerprint density at radius 2 is 2.29 bits per heavy atom. The van der Waals surface area contributed by atoms with Gasteiger partial charge >= 0.3 is 0 Å². The van der Waals surface area contributed by atoms with Gasteiger partial charge in [-0.05, 0) is 33.7 Å². The summed E-state index contributed by atoms with van der Waals surface area (Å²) in [5.41, 5.74) is 0. The first-order chi connectivity index (χ1) is 6.66. The minimum Gasteiger partial charge on any atom is -0.336 e. The van der Waals surface area contributed by atoms with E-state index in [2.05, 4.69) is 24.1 Å². The van der Waals surface area contributed by atoms with Crippen molar-refractivity contribution in [2.45, 2.75) is 51.6 Å². The Hall–Kier alpha value is -0.570. The Morgan fingerprint density at radius 3 is 2.93 bits per heavy atom. The summed E-state index contributed by atoms with van der Waals surface area (Å²) >= 11 is 0. The van der Waals surface area contributed by atoms with Gasteiger partial charge in [-0.2, -0.15) is 0 Å². The Labute approximate surface area is 86.9 Å². The minimum absolute atomic E-state index is 0.320. The molecule has 0 saturated carbocycles. The predicted octanol–water partition coefficient (Wildman–Crippen LogP) is 1.39. The summed E-state index contributed by atoms with van der Waals surface area (Å²) in [4.78, 5) is 13.9. The van der Waals surface area contributed by atoms with Crippen molar-refractivity contribution in [1.82, 2.24) is 10.2 Å². The van der Waals surface area contributed by atoms with Crippen molar-refractivity contribution in [3.05, 3.63) is 0 Å². The molecule has 14 heavy (non-hydrogen) atoms. The molecule has 3 nitrogen and oxygen atoms in total. The van der Waals surface area contributed by atoms with Crippen LogP contribution in [0.2, 0.25) is 0 Å². The van der Waals surface area contributed by atoms with Gasteiger partial charge in [0.05, 0.1) is 0 Å². The van der Waals surface area contributed by atoms with Crippen LogP contribution in [0.4, 0.5) is 0 Å². The van der Waals surface area contributed by atoms with Crippen molar-refractivity contribution in [2.75, 3.05) is 13.6 Å². The molecule has 1 N–H and O–H groups in total. The molecule has 0 aliphatic carbocycles. The molecule has 1 amide bonds. The average Bonchev–Trinajstić information content (AvgIpc) is 2.28. The maximum atomic E-state index is 11.8. The topological polar surface area (TPSA) is 32.3 Å². The Bertz CT molecular complexity index is 194. The van der Waals surface area contributed by atoms with Gasteiger partial charge in [0.1, 0.15) is 0 Å². The highest BCUT2D eigenvalue weighted by molar-refractivity contribution is 5.77. The molecule has 0 spiro atoms. The smallest absolute Gasteiger partial charge is 0.223 e. The van der Waals surface area contributed by atoms with Crippen LogP contribution >= 0.6 is 0 Å². The Balaban J connectivity index is 2.64. The highest BCUT2D eigenvalue weighted by Gasteiger charge is 2.26. The lowest BCUT2D eigenvalue weighted by Gasteiger charge is -2.33. The molecule has 0 bridgehead atoms. The molecule has 0 aromatic heterocycles. The summed E-state index contributed by atoms with van der Waals surface area (Å²) in [7, 11) is 1.93. The van der Waals surface area contributed by atoms with Gasteiger partial charge in [0, 0.05) is 25.0 Å². The van der Waals surface area contributed by atoms with Crippen molar-refractivity contribution < 1.29 is 4.79 Å². The van der Waals surface area contributed by atoms with Gasteiger partial charge < -0.3 is 10.2 Å². The summed E-state index contributed by atoms with van der Waals surface area (Å²) in [5.74, 6) is 0.331. The van der Waals surface area contributed by atoms with E-state index in [-0.39, 0.29) is 0 Å². The van der Waals surface area contributed by atoms with Gasteiger partial charge in [-0.1, -0.05) is 6.42 Å². The Morgan fingerprint density at radius 1 is 1.57 bits per heavy atom. The first kappa shape index (κ1) is 11.5. The van der Waals surface area contributed by atoms with E-state index >= 15 is 0 Å². The maximum Gasteiger partial charge on any atom is 0.223 e. The molecule has 2 atom stereocenters. The predicted molar refractivity (Wildman–Crippen MR) is 58.2 cm³/mol. The first-order valence-electron chi connectivity index (χ1n) is 5.62. The summed E-state index contributed by atoms with van der Waals surface area (Å²) in [5, 5.41) is 3.13. The number of rotatable bonds is 3. The number of nitrogens with one attached hydrogen (secondary N) is 1. The molecule has 1 aliphatic heterocycles. The largest absolute Gasteiger partial charge is 0.336 e. The second kappa shape index (κ2) is 5.35. The van der Waals surface area contributed by atoms with E-state index in [1.165, 1.54) is 6.42 Å². The zero-order valence-corrected chi connectivity index (χ0v) is 9.55. The van der Waals surface area contributed by atoms with E-state index in [4.69, 9.17) is 0 Å². The molecule has 1 rings (SSSR count). The fourth-order valence-electron chi connectivity index (χ4n) is 2.30. The van der Waals surface area contributed by atoms with Gasteiger partial charge in [0.25, 0.3) is 0 Å². The zero-order chi connectivity index (χ0) is 10.6. The molecule has 0 aromatic rings. The van der Waals surface area contributed by atoms with Crippen molar-refractivity contribution in [3.63, 3.8) is 0 Å². The van der Waals surface area contributed by atoms with E-state index < -0.39 is 0 Å². The fraction of sp³-hybridized carbons (Fsp3) is 0.909. The third-order valence-corrected chi connectivity index (χ3v) is 3.00. The van der Waals surface area contributed by atoms with E-state index in [1.807, 2.05) is 7.05 Å². The van der Waals surface area contributed by atoms with Gasteiger partial charge in [0.15, 0.2) is 0 Å². The molecule has 3 heteroatoms. The second-order valence-electron chi connectivity index (χ2n) is 4.30. The van der Waals surface area contributed by atoms with Crippen molar-refractivity contribution in [3.8, 4) is 0 Å². The summed E-state index contributed by atoms with van der Waals surface area (Å²) < 4.78 is 0. The standard InChI is InChI=1S/C11H22N2O/c1-9-6-4-5-7-11(14)13(9)10(2)8-12-3/h9-10,12H,4-8H2,1-3H3. The number of carbonyl (C=O) groups is 1. The highest BCUT2D eigenvalue weighted by atomic mass is 16.2. The fourth-order valence-corrected chi connectivity index (χ4v) is 2.30. The number of carbonyl (C=O) groups excluding carboxylic acids is 1. The third kappa shape index (κ3) is 2.71. The number of hydrogen-bond donors (Lipinski definition) is 1. The molecular weight excluding hydrogens is 176 g/mol. The molecule has 2 unspecified atom stereocenters. The van der Waals surface area contributed by atoms with Crippen molar-refractivity contribution >= 4 is 5.91 Å². The molecule has 0 radical (unpaired) electrons. The van der Waals surface area contributed by atoms with Crippen LogP contribution in [-0.4, -0.2) is 36.5 Å². The van der Waals surface area contributed by atoms with Crippen LogP contribution in [0.1, 0.15) is 39.5 Å². The molecule has 1 heterocycles. The SMILES string of the molecule is CNCC(C)N1C(=O)CCCCC1C. The van der Waals surface area contributed by atoms with E-state index in [1.54, 1.807) is 0 Å². The van der Waals surface area contributed by atoms with E-state index in [9.17, 15) is 4.79 Å². The third-order valence-electron chi connectivity index (χ3n) is 3.00. The van der Waals surface area contributed by atoms with E-state index in [0.717, 1.165) is 25.8 Å². The monoisotopic (exact) mass is 198 g/mol. The minimum atomic E-state index is 0.320. The van der Waals surface area contributed by atoms with Crippen molar-refractivity contribution in [2.24, 2.45) is 0 Å². The van der Waals surface area contributed by atoms with Gasteiger partial charge in [-0.15, -0.1) is 0 Å². The lowest BCUT2D eigenvalue weighted by Crippen LogP contribution is -2.47. The molecule has 1 fully saturated rings. The molecule has 1 aliphatic rings. The van der Waals surface area contributed by atoms with E-state index in [0.29, 0.717) is 18.0 Å². The number of nitrogens with zero attached hydrogens (tertiary/aromatic N) is 1. The van der Waals surface area contributed by atoms with Gasteiger partial charge in [0.2, 0.25) is 5.91 Å². The number of likely N-dealkylation sites (tertiary alicyclic amines) is 1. The van der Waals surface area contributed by atoms with Crippen LogP contribution in [0.3, 0.4) is 0 Å². The maximum absolute atomic E-state index is 11.8. The molecule has 1 saturated heterocycles. The zero-order valence-electron chi connectivity index (χ0n) is 9.55. The van der Waals surface area contributed by atoms with Crippen LogP contribution in [0.15, 0.2) is 0 Å². The average molecular weight is 198 g/mol. The number of likely N-dealkylation sites (N-methyl/N-ethyl adjacent to an activating group) is 1. The molecule has 82 valence electrons. The summed E-state index contributed by atoms with van der Waals surface area (Å²) in [6.07, 6.45) is 4.14. The van der Waals surface area contributed by atoms with Crippen LogP contribution < -0.4 is 5.32 Å². The quantitative estimate of drug-likeness (QED) is 0.743. The van der Waals surface area contributed by atoms with Crippen LogP contribution in [-0.2, 0) is 4.79 Å². The Kier molecular flexibility index (Phi) is 4.39.